The minimum Gasteiger partial charge on any atom is -0.466 e. The van der Waals surface area contributed by atoms with E-state index in [9.17, 15) is 13.6 Å². The second kappa shape index (κ2) is 7.34. The summed E-state index contributed by atoms with van der Waals surface area (Å²) in [5, 5.41) is 0.907. The van der Waals surface area contributed by atoms with Gasteiger partial charge in [0.05, 0.1) is 18.0 Å². The number of carbonyl (C=O) groups is 1. The molecule has 2 atom stereocenters. The Hall–Kier alpha value is -3.03. The summed E-state index contributed by atoms with van der Waals surface area (Å²) in [6.45, 7) is 0.669. The Bertz CT molecular complexity index is 1080. The maximum Gasteiger partial charge on any atom is 0.287 e. The number of aromatic nitrogens is 3. The van der Waals surface area contributed by atoms with Gasteiger partial charge in [-0.3, -0.25) is 4.79 Å². The Kier molecular flexibility index (Phi) is 4.64. The Morgan fingerprint density at radius 2 is 2.03 bits per heavy atom. The summed E-state index contributed by atoms with van der Waals surface area (Å²) in [6, 6.07) is 10.8. The van der Waals surface area contributed by atoms with Crippen molar-refractivity contribution >= 4 is 16.8 Å². The molecule has 0 N–H and O–H groups in total. The number of piperidine rings is 1. The lowest BCUT2D eigenvalue weighted by atomic mass is 9.95. The monoisotopic (exact) mass is 412 g/mol. The van der Waals surface area contributed by atoms with Crippen LogP contribution in [0.1, 0.15) is 31.0 Å². The zero-order valence-corrected chi connectivity index (χ0v) is 16.4. The highest BCUT2D eigenvalue weighted by atomic mass is 19.3. The van der Waals surface area contributed by atoms with E-state index in [-0.39, 0.29) is 30.8 Å². The van der Waals surface area contributed by atoms with E-state index in [4.69, 9.17) is 4.74 Å². The van der Waals surface area contributed by atoms with Crippen molar-refractivity contribution in [2.75, 3.05) is 13.1 Å². The third kappa shape index (κ3) is 3.40. The lowest BCUT2D eigenvalue weighted by Gasteiger charge is -2.39. The smallest absolute Gasteiger partial charge is 0.287 e. The van der Waals surface area contributed by atoms with Crippen LogP contribution in [0.2, 0.25) is 0 Å². The number of amides is 1. The molecule has 2 unspecified atom stereocenters. The second-order valence-corrected chi connectivity index (χ2v) is 7.92. The molecule has 0 bridgehead atoms. The molecule has 1 aromatic carbocycles. The van der Waals surface area contributed by atoms with Gasteiger partial charge in [-0.15, -0.1) is 0 Å². The van der Waals surface area contributed by atoms with Crippen molar-refractivity contribution in [2.24, 2.45) is 0 Å². The van der Waals surface area contributed by atoms with Gasteiger partial charge in [0.15, 0.2) is 6.10 Å². The van der Waals surface area contributed by atoms with Gasteiger partial charge in [0.2, 0.25) is 11.8 Å². The van der Waals surface area contributed by atoms with E-state index in [0.29, 0.717) is 11.9 Å². The minimum absolute atomic E-state index is 0.00799. The molecule has 156 valence electrons. The van der Waals surface area contributed by atoms with E-state index < -0.39 is 18.4 Å². The summed E-state index contributed by atoms with van der Waals surface area (Å²) in [6.07, 6.45) is 3.22. The standard InChI is InChI=1S/C22H22F2N4O2/c23-22(24)9-12-28(21(29)16-5-3-11-27-13-10-25-20(16)27)14-18(22)30-19-8-7-15-4-1-2-6-17(15)26-19/h1-2,4,6-8,10,13,16,18H,3,5,9,11-12,14H2. The van der Waals surface area contributed by atoms with E-state index in [1.807, 2.05) is 35.0 Å². The normalized spacial score (nSPS) is 23.2. The van der Waals surface area contributed by atoms with Gasteiger partial charge >= 0.3 is 0 Å². The third-order valence-corrected chi connectivity index (χ3v) is 5.97. The highest BCUT2D eigenvalue weighted by molar-refractivity contribution is 5.83. The maximum absolute atomic E-state index is 14.6. The predicted molar refractivity (Wildman–Crippen MR) is 107 cm³/mol. The molecule has 2 aliphatic heterocycles. The van der Waals surface area contributed by atoms with Gasteiger partial charge in [0.1, 0.15) is 5.82 Å². The summed E-state index contributed by atoms with van der Waals surface area (Å²) in [7, 11) is 0. The van der Waals surface area contributed by atoms with Gasteiger partial charge in [-0.2, -0.15) is 0 Å². The quantitative estimate of drug-likeness (QED) is 0.659. The highest BCUT2D eigenvalue weighted by Crippen LogP contribution is 2.34. The summed E-state index contributed by atoms with van der Waals surface area (Å²) >= 11 is 0. The molecule has 3 aromatic rings. The molecule has 6 nitrogen and oxygen atoms in total. The minimum atomic E-state index is -3.03. The molecule has 30 heavy (non-hydrogen) atoms. The second-order valence-electron chi connectivity index (χ2n) is 7.92. The zero-order valence-electron chi connectivity index (χ0n) is 16.4. The molecule has 1 amide bonds. The van der Waals surface area contributed by atoms with Crippen molar-refractivity contribution in [2.45, 2.75) is 43.8 Å². The first kappa shape index (κ1) is 19.0. The van der Waals surface area contributed by atoms with Crippen LogP contribution in [0.4, 0.5) is 8.78 Å². The molecule has 2 aromatic heterocycles. The number of hydrogen-bond acceptors (Lipinski definition) is 4. The number of imidazole rings is 1. The first-order valence-electron chi connectivity index (χ1n) is 10.2. The fourth-order valence-electron chi connectivity index (χ4n) is 4.32. The van der Waals surface area contributed by atoms with Crippen molar-refractivity contribution in [1.29, 1.82) is 0 Å². The fraction of sp³-hybridized carbons (Fsp3) is 0.409. The molecule has 1 saturated heterocycles. The van der Waals surface area contributed by atoms with Crippen LogP contribution >= 0.6 is 0 Å². The van der Waals surface area contributed by atoms with Crippen molar-refractivity contribution < 1.29 is 18.3 Å². The lowest BCUT2D eigenvalue weighted by molar-refractivity contribution is -0.158. The molecular weight excluding hydrogens is 390 g/mol. The van der Waals surface area contributed by atoms with E-state index in [1.54, 1.807) is 18.3 Å². The van der Waals surface area contributed by atoms with Gasteiger partial charge in [-0.1, -0.05) is 18.2 Å². The third-order valence-electron chi connectivity index (χ3n) is 5.97. The summed E-state index contributed by atoms with van der Waals surface area (Å²) in [4.78, 5) is 23.3. The molecule has 5 rings (SSSR count). The van der Waals surface area contributed by atoms with Crippen LogP contribution in [0.3, 0.4) is 0 Å². The van der Waals surface area contributed by atoms with E-state index in [1.165, 1.54) is 4.90 Å². The topological polar surface area (TPSA) is 60.2 Å². The Morgan fingerprint density at radius 3 is 2.93 bits per heavy atom. The summed E-state index contributed by atoms with van der Waals surface area (Å²) in [5.41, 5.74) is 0.677. The Balaban J connectivity index is 1.35. The van der Waals surface area contributed by atoms with Crippen molar-refractivity contribution in [3.8, 4) is 5.88 Å². The summed E-state index contributed by atoms with van der Waals surface area (Å²) in [5.74, 6) is -2.72. The lowest BCUT2D eigenvalue weighted by Crippen LogP contribution is -2.56. The number of benzene rings is 1. The first-order chi connectivity index (χ1) is 14.5. The van der Waals surface area contributed by atoms with Crippen molar-refractivity contribution in [3.05, 3.63) is 54.6 Å². The number of likely N-dealkylation sites (tertiary alicyclic amines) is 1. The Morgan fingerprint density at radius 1 is 1.17 bits per heavy atom. The van der Waals surface area contributed by atoms with Crippen LogP contribution in [-0.4, -0.2) is 50.5 Å². The van der Waals surface area contributed by atoms with Crippen LogP contribution in [0.5, 0.6) is 5.88 Å². The van der Waals surface area contributed by atoms with Gasteiger partial charge < -0.3 is 14.2 Å². The van der Waals surface area contributed by atoms with Crippen LogP contribution < -0.4 is 4.74 Å². The highest BCUT2D eigenvalue weighted by Gasteiger charge is 2.48. The van der Waals surface area contributed by atoms with Gasteiger partial charge in [0, 0.05) is 43.4 Å². The molecule has 0 radical (unpaired) electrons. The van der Waals surface area contributed by atoms with E-state index >= 15 is 0 Å². The molecule has 0 spiro atoms. The van der Waals surface area contributed by atoms with Crippen molar-refractivity contribution in [1.82, 2.24) is 19.4 Å². The molecule has 0 saturated carbocycles. The average molecular weight is 412 g/mol. The number of halogens is 2. The Labute approximate surface area is 172 Å². The number of pyridine rings is 1. The predicted octanol–water partition coefficient (Wildman–Crippen LogP) is 3.62. The van der Waals surface area contributed by atoms with Crippen LogP contribution in [0.25, 0.3) is 10.9 Å². The van der Waals surface area contributed by atoms with E-state index in [0.717, 1.165) is 24.2 Å². The van der Waals surface area contributed by atoms with Gasteiger partial charge in [-0.25, -0.2) is 18.7 Å². The van der Waals surface area contributed by atoms with E-state index in [2.05, 4.69) is 9.97 Å². The number of carbonyl (C=O) groups excluding carboxylic acids is 1. The van der Waals surface area contributed by atoms with Crippen LogP contribution in [0, 0.1) is 0 Å². The van der Waals surface area contributed by atoms with Gasteiger partial charge in [0.25, 0.3) is 5.92 Å². The molecular formula is C22H22F2N4O2. The average Bonchev–Trinajstić information content (AvgIpc) is 3.23. The number of hydrogen-bond donors (Lipinski definition) is 0. The fourth-order valence-corrected chi connectivity index (χ4v) is 4.32. The first-order valence-corrected chi connectivity index (χ1v) is 10.2. The number of rotatable bonds is 3. The summed E-state index contributed by atoms with van der Waals surface area (Å²) < 4.78 is 36.9. The number of ether oxygens (including phenoxy) is 1. The zero-order chi connectivity index (χ0) is 20.7. The SMILES string of the molecule is O=C(C1CCCn2ccnc21)N1CCC(F)(F)C(Oc2ccc3ccccc3n2)C1. The number of aryl methyl sites for hydroxylation is 1. The maximum atomic E-state index is 14.6. The van der Waals surface area contributed by atoms with Crippen molar-refractivity contribution in [3.63, 3.8) is 0 Å². The van der Waals surface area contributed by atoms with Crippen LogP contribution in [0.15, 0.2) is 48.8 Å². The number of nitrogens with zero attached hydrogens (tertiary/aromatic N) is 4. The number of fused-ring (bicyclic) bond motifs is 2. The molecule has 4 heterocycles. The molecule has 2 aliphatic rings. The largest absolute Gasteiger partial charge is 0.466 e. The number of alkyl halides is 2. The number of para-hydroxylation sites is 1. The molecule has 0 aliphatic carbocycles. The van der Waals surface area contributed by atoms with Crippen LogP contribution in [-0.2, 0) is 11.3 Å². The molecule has 1 fully saturated rings. The van der Waals surface area contributed by atoms with Gasteiger partial charge in [-0.05, 0) is 25.0 Å². The molecule has 8 heteroatoms.